The van der Waals surface area contributed by atoms with Gasteiger partial charge in [-0.1, -0.05) is 11.8 Å². The molecule has 0 aliphatic carbocycles. The Labute approximate surface area is 101 Å². The minimum absolute atomic E-state index is 0.0178. The molecule has 0 aliphatic rings. The van der Waals surface area contributed by atoms with Gasteiger partial charge >= 0.3 is 5.69 Å². The van der Waals surface area contributed by atoms with Gasteiger partial charge in [-0.2, -0.15) is 5.10 Å². The van der Waals surface area contributed by atoms with Crippen molar-refractivity contribution in [1.29, 1.82) is 0 Å². The third-order valence-corrected chi connectivity index (χ3v) is 2.78. The van der Waals surface area contributed by atoms with Crippen molar-refractivity contribution in [2.75, 3.05) is 0 Å². The first-order valence-electron chi connectivity index (χ1n) is 4.74. The van der Waals surface area contributed by atoms with Gasteiger partial charge in [-0.3, -0.25) is 14.8 Å². The van der Waals surface area contributed by atoms with Gasteiger partial charge in [-0.05, 0) is 13.0 Å². The van der Waals surface area contributed by atoms with Crippen molar-refractivity contribution in [3.63, 3.8) is 0 Å². The number of thioether (sulfide) groups is 1. The molecule has 88 valence electrons. The molecule has 0 amide bonds. The number of aryl methyl sites for hydroxylation is 1. The lowest BCUT2D eigenvalue weighted by Crippen LogP contribution is -1.96. The second-order valence-electron chi connectivity index (χ2n) is 3.25. The van der Waals surface area contributed by atoms with Crippen LogP contribution in [0, 0.1) is 17.0 Å². The Morgan fingerprint density at radius 3 is 3.06 bits per heavy atom. The van der Waals surface area contributed by atoms with Crippen LogP contribution in [0.1, 0.15) is 5.69 Å². The second kappa shape index (κ2) is 4.91. The number of hydrogen-bond donors (Lipinski definition) is 0. The number of nitrogens with zero attached hydrogens (tertiary/aromatic N) is 5. The highest BCUT2D eigenvalue weighted by Gasteiger charge is 2.08. The SMILES string of the molecule is Cc1ccnc(SCn2cc([N+](=O)[O-])cn2)n1. The van der Waals surface area contributed by atoms with Gasteiger partial charge < -0.3 is 0 Å². The van der Waals surface area contributed by atoms with E-state index in [1.165, 1.54) is 28.8 Å². The van der Waals surface area contributed by atoms with Crippen molar-refractivity contribution in [2.45, 2.75) is 18.0 Å². The van der Waals surface area contributed by atoms with Crippen LogP contribution in [-0.4, -0.2) is 24.7 Å². The van der Waals surface area contributed by atoms with Crippen LogP contribution in [0.25, 0.3) is 0 Å². The first-order chi connectivity index (χ1) is 8.15. The van der Waals surface area contributed by atoms with Gasteiger partial charge in [0.2, 0.25) is 0 Å². The highest BCUT2D eigenvalue weighted by atomic mass is 32.2. The van der Waals surface area contributed by atoms with Gasteiger partial charge in [-0.25, -0.2) is 9.97 Å². The van der Waals surface area contributed by atoms with Crippen LogP contribution in [0.15, 0.2) is 29.8 Å². The van der Waals surface area contributed by atoms with E-state index in [1.54, 1.807) is 6.20 Å². The van der Waals surface area contributed by atoms with E-state index in [2.05, 4.69) is 15.1 Å². The van der Waals surface area contributed by atoms with Crippen LogP contribution >= 0.6 is 11.8 Å². The van der Waals surface area contributed by atoms with Crippen molar-refractivity contribution in [1.82, 2.24) is 19.7 Å². The van der Waals surface area contributed by atoms with Gasteiger partial charge in [0.25, 0.3) is 0 Å². The number of nitro groups is 1. The summed E-state index contributed by atoms with van der Waals surface area (Å²) in [6, 6.07) is 1.81. The Kier molecular flexibility index (Phi) is 3.33. The molecule has 2 aromatic heterocycles. The molecule has 2 aromatic rings. The molecule has 0 atom stereocenters. The summed E-state index contributed by atoms with van der Waals surface area (Å²) in [4.78, 5) is 18.3. The summed E-state index contributed by atoms with van der Waals surface area (Å²) in [7, 11) is 0. The molecule has 0 saturated carbocycles. The molecular weight excluding hydrogens is 242 g/mol. The van der Waals surface area contributed by atoms with E-state index in [1.807, 2.05) is 13.0 Å². The fraction of sp³-hybridized carbons (Fsp3) is 0.222. The molecule has 0 radical (unpaired) electrons. The predicted octanol–water partition coefficient (Wildman–Crippen LogP) is 1.64. The number of aromatic nitrogens is 4. The predicted molar refractivity (Wildman–Crippen MR) is 61.5 cm³/mol. The zero-order valence-corrected chi connectivity index (χ0v) is 9.79. The van der Waals surface area contributed by atoms with Gasteiger partial charge in [0.1, 0.15) is 12.4 Å². The van der Waals surface area contributed by atoms with Crippen molar-refractivity contribution >= 4 is 17.4 Å². The van der Waals surface area contributed by atoms with Crippen molar-refractivity contribution < 1.29 is 4.92 Å². The first-order valence-corrected chi connectivity index (χ1v) is 5.73. The standard InChI is InChI=1S/C9H9N5O2S/c1-7-2-3-10-9(12-7)17-6-13-5-8(4-11-13)14(15)16/h2-5H,6H2,1H3. The maximum absolute atomic E-state index is 10.5. The smallest absolute Gasteiger partial charge is 0.258 e. The Morgan fingerprint density at radius 1 is 1.59 bits per heavy atom. The molecule has 2 rings (SSSR count). The highest BCUT2D eigenvalue weighted by molar-refractivity contribution is 7.98. The molecule has 0 unspecified atom stereocenters. The minimum atomic E-state index is -0.475. The Morgan fingerprint density at radius 2 is 2.41 bits per heavy atom. The van der Waals surface area contributed by atoms with E-state index in [9.17, 15) is 10.1 Å². The average Bonchev–Trinajstić information content (AvgIpc) is 2.75. The summed E-state index contributed by atoms with van der Waals surface area (Å²) in [5.41, 5.74) is 0.865. The molecule has 8 heteroatoms. The third-order valence-electron chi connectivity index (χ3n) is 1.93. The first kappa shape index (κ1) is 11.5. The Hall–Kier alpha value is -1.96. The maximum Gasteiger partial charge on any atom is 0.307 e. The fourth-order valence-electron chi connectivity index (χ4n) is 1.14. The van der Waals surface area contributed by atoms with Crippen LogP contribution in [0.2, 0.25) is 0 Å². The lowest BCUT2D eigenvalue weighted by Gasteiger charge is -2.00. The van der Waals surface area contributed by atoms with Crippen LogP contribution in [-0.2, 0) is 5.88 Å². The summed E-state index contributed by atoms with van der Waals surface area (Å²) in [5.74, 6) is 0.442. The van der Waals surface area contributed by atoms with Gasteiger partial charge in [0, 0.05) is 11.9 Å². The lowest BCUT2D eigenvalue weighted by atomic mass is 10.5. The van der Waals surface area contributed by atoms with E-state index in [0.717, 1.165) is 5.69 Å². The zero-order chi connectivity index (χ0) is 12.3. The van der Waals surface area contributed by atoms with Gasteiger partial charge in [0.15, 0.2) is 5.16 Å². The van der Waals surface area contributed by atoms with E-state index in [0.29, 0.717) is 11.0 Å². The molecule has 0 N–H and O–H groups in total. The van der Waals surface area contributed by atoms with E-state index in [4.69, 9.17) is 0 Å². The summed E-state index contributed by atoms with van der Waals surface area (Å²) in [6.07, 6.45) is 4.27. The van der Waals surface area contributed by atoms with Crippen molar-refractivity contribution in [2.24, 2.45) is 0 Å². The average molecular weight is 251 g/mol. The van der Waals surface area contributed by atoms with Crippen LogP contribution < -0.4 is 0 Å². The van der Waals surface area contributed by atoms with Crippen LogP contribution in [0.5, 0.6) is 0 Å². The molecule has 0 fully saturated rings. The van der Waals surface area contributed by atoms with Crippen molar-refractivity contribution in [3.05, 3.63) is 40.5 Å². The molecule has 0 aromatic carbocycles. The Balaban J connectivity index is 2.00. The molecule has 0 bridgehead atoms. The van der Waals surface area contributed by atoms with E-state index >= 15 is 0 Å². The normalized spacial score (nSPS) is 10.4. The maximum atomic E-state index is 10.5. The molecule has 0 aliphatic heterocycles. The van der Waals surface area contributed by atoms with Crippen molar-refractivity contribution in [3.8, 4) is 0 Å². The summed E-state index contributed by atoms with van der Waals surface area (Å²) in [5, 5.41) is 15.0. The van der Waals surface area contributed by atoms with Gasteiger partial charge in [-0.15, -0.1) is 0 Å². The summed E-state index contributed by atoms with van der Waals surface area (Å²) >= 11 is 1.37. The highest BCUT2D eigenvalue weighted by Crippen LogP contribution is 2.16. The Bertz CT molecular complexity index is 542. The molecule has 0 saturated heterocycles. The topological polar surface area (TPSA) is 86.7 Å². The molecule has 17 heavy (non-hydrogen) atoms. The molecule has 0 spiro atoms. The molecular formula is C9H9N5O2S. The molecule has 2 heterocycles. The summed E-state index contributed by atoms with van der Waals surface area (Å²) < 4.78 is 1.48. The van der Waals surface area contributed by atoms with Crippen LogP contribution in [0.4, 0.5) is 5.69 Å². The van der Waals surface area contributed by atoms with E-state index in [-0.39, 0.29) is 5.69 Å². The summed E-state index contributed by atoms with van der Waals surface area (Å²) in [6.45, 7) is 1.88. The van der Waals surface area contributed by atoms with Gasteiger partial charge in [0.05, 0.1) is 10.8 Å². The van der Waals surface area contributed by atoms with Crippen LogP contribution in [0.3, 0.4) is 0 Å². The number of rotatable bonds is 4. The largest absolute Gasteiger partial charge is 0.307 e. The zero-order valence-electron chi connectivity index (χ0n) is 8.98. The minimum Gasteiger partial charge on any atom is -0.258 e. The number of hydrogen-bond acceptors (Lipinski definition) is 6. The quantitative estimate of drug-likeness (QED) is 0.355. The van der Waals surface area contributed by atoms with E-state index < -0.39 is 4.92 Å². The lowest BCUT2D eigenvalue weighted by molar-refractivity contribution is -0.385. The monoisotopic (exact) mass is 251 g/mol. The second-order valence-corrected chi connectivity index (χ2v) is 4.16. The fourth-order valence-corrected chi connectivity index (χ4v) is 1.87. The molecule has 7 nitrogen and oxygen atoms in total. The third kappa shape index (κ3) is 3.00.